The van der Waals surface area contributed by atoms with Gasteiger partial charge in [0, 0.05) is 12.1 Å². The second-order valence-corrected chi connectivity index (χ2v) is 4.47. The first kappa shape index (κ1) is 9.53. The largest absolute Gasteiger partial charge is 0.487 e. The topological polar surface area (TPSA) is 35.2 Å². The third kappa shape index (κ3) is 1.62. The molecule has 2 heteroatoms. The van der Waals surface area contributed by atoms with Crippen molar-refractivity contribution in [1.82, 2.24) is 0 Å². The minimum Gasteiger partial charge on any atom is -0.487 e. The second kappa shape index (κ2) is 3.28. The minimum absolute atomic E-state index is 0.0434. The van der Waals surface area contributed by atoms with Gasteiger partial charge < -0.3 is 10.5 Å². The first-order valence-electron chi connectivity index (χ1n) is 5.12. The second-order valence-electron chi connectivity index (χ2n) is 4.47. The van der Waals surface area contributed by atoms with Gasteiger partial charge in [-0.2, -0.15) is 0 Å². The maximum Gasteiger partial charge on any atom is 0.127 e. The number of hydrogen-bond donors (Lipinski definition) is 1. The Kier molecular flexibility index (Phi) is 2.23. The van der Waals surface area contributed by atoms with Crippen molar-refractivity contribution in [2.24, 2.45) is 5.73 Å². The standard InChI is InChI=1S/C12H17NO/c1-12(2)7-6-9-4-3-5-10(8-13)11(9)14-12/h3-5H,6-8,13H2,1-2H3. The van der Waals surface area contributed by atoms with E-state index in [0.717, 1.165) is 24.2 Å². The zero-order valence-electron chi connectivity index (χ0n) is 8.84. The van der Waals surface area contributed by atoms with E-state index in [4.69, 9.17) is 10.5 Å². The highest BCUT2D eigenvalue weighted by Crippen LogP contribution is 2.35. The molecule has 2 nitrogen and oxygen atoms in total. The van der Waals surface area contributed by atoms with Crippen LogP contribution in [0, 0.1) is 0 Å². The lowest BCUT2D eigenvalue weighted by molar-refractivity contribution is 0.0833. The van der Waals surface area contributed by atoms with E-state index in [2.05, 4.69) is 26.0 Å². The maximum atomic E-state index is 5.96. The van der Waals surface area contributed by atoms with Gasteiger partial charge in [0.1, 0.15) is 11.4 Å². The lowest BCUT2D eigenvalue weighted by atomic mass is 9.93. The summed E-state index contributed by atoms with van der Waals surface area (Å²) in [4.78, 5) is 0. The highest BCUT2D eigenvalue weighted by molar-refractivity contribution is 5.43. The average Bonchev–Trinajstić information content (AvgIpc) is 2.15. The van der Waals surface area contributed by atoms with E-state index in [-0.39, 0.29) is 5.60 Å². The Morgan fingerprint density at radius 1 is 1.43 bits per heavy atom. The molecule has 14 heavy (non-hydrogen) atoms. The van der Waals surface area contributed by atoms with Crippen LogP contribution in [0.5, 0.6) is 5.75 Å². The third-order valence-corrected chi connectivity index (χ3v) is 2.77. The minimum atomic E-state index is -0.0434. The van der Waals surface area contributed by atoms with Gasteiger partial charge >= 0.3 is 0 Å². The van der Waals surface area contributed by atoms with Crippen molar-refractivity contribution in [3.05, 3.63) is 29.3 Å². The number of rotatable bonds is 1. The molecule has 0 bridgehead atoms. The molecule has 0 spiro atoms. The van der Waals surface area contributed by atoms with E-state index >= 15 is 0 Å². The molecule has 0 amide bonds. The average molecular weight is 191 g/mol. The number of hydrogen-bond acceptors (Lipinski definition) is 2. The maximum absolute atomic E-state index is 5.96. The highest BCUT2D eigenvalue weighted by Gasteiger charge is 2.27. The van der Waals surface area contributed by atoms with Crippen molar-refractivity contribution in [1.29, 1.82) is 0 Å². The summed E-state index contributed by atoms with van der Waals surface area (Å²) in [6.45, 7) is 4.81. The summed E-state index contributed by atoms with van der Waals surface area (Å²) in [5.74, 6) is 1.02. The smallest absolute Gasteiger partial charge is 0.127 e. The molecule has 0 saturated heterocycles. The van der Waals surface area contributed by atoms with Crippen molar-refractivity contribution >= 4 is 0 Å². The molecule has 0 aromatic heterocycles. The molecular formula is C12H17NO. The number of nitrogens with two attached hydrogens (primary N) is 1. The molecule has 76 valence electrons. The SMILES string of the molecule is CC1(C)CCc2cccc(CN)c2O1. The number of fused-ring (bicyclic) bond motifs is 1. The van der Waals surface area contributed by atoms with Crippen molar-refractivity contribution in [3.63, 3.8) is 0 Å². The zero-order chi connectivity index (χ0) is 10.2. The summed E-state index contributed by atoms with van der Waals surface area (Å²) in [7, 11) is 0. The van der Waals surface area contributed by atoms with Crippen molar-refractivity contribution < 1.29 is 4.74 Å². The van der Waals surface area contributed by atoms with Crippen LogP contribution in [0.2, 0.25) is 0 Å². The van der Waals surface area contributed by atoms with Gasteiger partial charge in [-0.3, -0.25) is 0 Å². The van der Waals surface area contributed by atoms with E-state index in [9.17, 15) is 0 Å². The van der Waals surface area contributed by atoms with E-state index in [1.807, 2.05) is 6.07 Å². The first-order chi connectivity index (χ1) is 6.62. The molecule has 0 fully saturated rings. The van der Waals surface area contributed by atoms with Crippen LogP contribution in [-0.2, 0) is 13.0 Å². The van der Waals surface area contributed by atoms with Crippen LogP contribution in [0.3, 0.4) is 0 Å². The molecule has 0 unspecified atom stereocenters. The van der Waals surface area contributed by atoms with E-state index in [0.29, 0.717) is 6.54 Å². The molecule has 2 rings (SSSR count). The summed E-state index contributed by atoms with van der Waals surface area (Å²) in [5.41, 5.74) is 8.06. The molecule has 1 aliphatic rings. The molecule has 0 saturated carbocycles. The Morgan fingerprint density at radius 2 is 2.21 bits per heavy atom. The molecule has 1 aromatic rings. The van der Waals surface area contributed by atoms with Crippen molar-refractivity contribution in [3.8, 4) is 5.75 Å². The monoisotopic (exact) mass is 191 g/mol. The molecule has 0 atom stereocenters. The van der Waals surface area contributed by atoms with Gasteiger partial charge in [0.15, 0.2) is 0 Å². The fourth-order valence-corrected chi connectivity index (χ4v) is 1.89. The van der Waals surface area contributed by atoms with Crippen LogP contribution in [0.25, 0.3) is 0 Å². The van der Waals surface area contributed by atoms with Crippen LogP contribution < -0.4 is 10.5 Å². The lowest BCUT2D eigenvalue weighted by Crippen LogP contribution is -2.33. The predicted octanol–water partition coefficient (Wildman–Crippen LogP) is 2.25. The van der Waals surface area contributed by atoms with Gasteiger partial charge in [0.05, 0.1) is 0 Å². The first-order valence-corrected chi connectivity index (χ1v) is 5.12. The molecule has 2 N–H and O–H groups in total. The Morgan fingerprint density at radius 3 is 2.93 bits per heavy atom. The quantitative estimate of drug-likeness (QED) is 0.739. The Bertz CT molecular complexity index is 330. The highest BCUT2D eigenvalue weighted by atomic mass is 16.5. The predicted molar refractivity (Wildman–Crippen MR) is 57.4 cm³/mol. The Balaban J connectivity index is 2.43. The van der Waals surface area contributed by atoms with Gasteiger partial charge in [-0.15, -0.1) is 0 Å². The van der Waals surface area contributed by atoms with Crippen LogP contribution in [-0.4, -0.2) is 5.60 Å². The van der Waals surface area contributed by atoms with Gasteiger partial charge in [0.25, 0.3) is 0 Å². The number of para-hydroxylation sites is 1. The van der Waals surface area contributed by atoms with Crippen LogP contribution >= 0.6 is 0 Å². The summed E-state index contributed by atoms with van der Waals surface area (Å²) in [6.07, 6.45) is 2.17. The summed E-state index contributed by atoms with van der Waals surface area (Å²) >= 11 is 0. The van der Waals surface area contributed by atoms with Gasteiger partial charge in [-0.1, -0.05) is 18.2 Å². The van der Waals surface area contributed by atoms with Crippen LogP contribution in [0.1, 0.15) is 31.4 Å². The number of ether oxygens (including phenoxy) is 1. The number of benzene rings is 1. The van der Waals surface area contributed by atoms with Gasteiger partial charge in [-0.05, 0) is 32.3 Å². The van der Waals surface area contributed by atoms with Crippen LogP contribution in [0.4, 0.5) is 0 Å². The molecule has 0 radical (unpaired) electrons. The van der Waals surface area contributed by atoms with E-state index in [1.165, 1.54) is 5.56 Å². The van der Waals surface area contributed by atoms with Gasteiger partial charge in [-0.25, -0.2) is 0 Å². The normalized spacial score (nSPS) is 18.5. The summed E-state index contributed by atoms with van der Waals surface area (Å²) in [5, 5.41) is 0. The Hall–Kier alpha value is -1.02. The lowest BCUT2D eigenvalue weighted by Gasteiger charge is -2.33. The fraction of sp³-hybridized carbons (Fsp3) is 0.500. The molecular weight excluding hydrogens is 174 g/mol. The summed E-state index contributed by atoms with van der Waals surface area (Å²) < 4.78 is 5.96. The Labute approximate surface area is 85.1 Å². The van der Waals surface area contributed by atoms with E-state index < -0.39 is 0 Å². The molecule has 1 aromatic carbocycles. The molecule has 1 aliphatic heterocycles. The van der Waals surface area contributed by atoms with Crippen molar-refractivity contribution in [2.75, 3.05) is 0 Å². The number of aryl methyl sites for hydroxylation is 1. The fourth-order valence-electron chi connectivity index (χ4n) is 1.89. The van der Waals surface area contributed by atoms with Gasteiger partial charge in [0.2, 0.25) is 0 Å². The molecule has 0 aliphatic carbocycles. The summed E-state index contributed by atoms with van der Waals surface area (Å²) in [6, 6.07) is 6.23. The van der Waals surface area contributed by atoms with E-state index in [1.54, 1.807) is 0 Å². The van der Waals surface area contributed by atoms with Crippen LogP contribution in [0.15, 0.2) is 18.2 Å². The van der Waals surface area contributed by atoms with Crippen molar-refractivity contribution in [2.45, 2.75) is 38.8 Å². The molecule has 1 heterocycles. The third-order valence-electron chi connectivity index (χ3n) is 2.77. The zero-order valence-corrected chi connectivity index (χ0v) is 8.84.